The Balaban J connectivity index is 2.26. The fourth-order valence-electron chi connectivity index (χ4n) is 1.62. The second kappa shape index (κ2) is 8.62. The first kappa shape index (κ1) is 15.6. The Morgan fingerprint density at radius 2 is 1.74 bits per heavy atom. The van der Waals surface area contributed by atoms with Crippen LogP contribution in [-0.4, -0.2) is 56.4 Å². The Hall–Kier alpha value is -1.45. The molecule has 0 aliphatic rings. The van der Waals surface area contributed by atoms with E-state index in [4.69, 9.17) is 0 Å². The number of ketones is 1. The molecule has 0 atom stereocenters. The van der Waals surface area contributed by atoms with Crippen molar-refractivity contribution in [3.63, 3.8) is 0 Å². The number of allylic oxidation sites excluding steroid dienone is 1. The summed E-state index contributed by atoms with van der Waals surface area (Å²) in [6.45, 7) is 2.82. The highest BCUT2D eigenvalue weighted by molar-refractivity contribution is 5.93. The molecule has 3 heteroatoms. The molecule has 0 radical (unpaired) electrons. The van der Waals surface area contributed by atoms with Gasteiger partial charge in [-0.25, -0.2) is 0 Å². The largest absolute Gasteiger partial charge is 0.308 e. The number of hydrogen-bond donors (Lipinski definition) is 0. The molecule has 0 aliphatic carbocycles. The Kier molecular flexibility index (Phi) is 7.08. The number of benzene rings is 1. The van der Waals surface area contributed by atoms with E-state index in [1.165, 1.54) is 0 Å². The van der Waals surface area contributed by atoms with Gasteiger partial charge in [-0.2, -0.15) is 0 Å². The second-order valence-electron chi connectivity index (χ2n) is 5.07. The van der Waals surface area contributed by atoms with Crippen LogP contribution in [0.2, 0.25) is 0 Å². The van der Waals surface area contributed by atoms with Crippen molar-refractivity contribution >= 4 is 11.9 Å². The van der Waals surface area contributed by atoms with Gasteiger partial charge in [0.05, 0.1) is 0 Å². The number of rotatable bonds is 8. The Morgan fingerprint density at radius 1 is 1.05 bits per heavy atom. The zero-order chi connectivity index (χ0) is 14.1. The lowest BCUT2D eigenvalue weighted by molar-refractivity contribution is -0.114. The number of carbonyl (C=O) groups excluding carboxylic acids is 1. The van der Waals surface area contributed by atoms with Gasteiger partial charge in [-0.3, -0.25) is 4.79 Å². The summed E-state index contributed by atoms with van der Waals surface area (Å²) in [6.07, 6.45) is 4.13. The van der Waals surface area contributed by atoms with Gasteiger partial charge in [0.15, 0.2) is 5.78 Å². The summed E-state index contributed by atoms with van der Waals surface area (Å²) in [4.78, 5) is 16.1. The van der Waals surface area contributed by atoms with Crippen molar-refractivity contribution in [3.05, 3.63) is 42.0 Å². The van der Waals surface area contributed by atoms with Crippen molar-refractivity contribution in [1.82, 2.24) is 9.80 Å². The van der Waals surface area contributed by atoms with Crippen LogP contribution in [-0.2, 0) is 4.79 Å². The number of carbonyl (C=O) groups is 1. The third kappa shape index (κ3) is 7.54. The maximum Gasteiger partial charge on any atom is 0.156 e. The summed E-state index contributed by atoms with van der Waals surface area (Å²) >= 11 is 0. The van der Waals surface area contributed by atoms with Gasteiger partial charge < -0.3 is 9.80 Å². The molecular weight excluding hydrogens is 236 g/mol. The van der Waals surface area contributed by atoms with E-state index in [0.717, 1.165) is 25.2 Å². The van der Waals surface area contributed by atoms with Gasteiger partial charge in [0.2, 0.25) is 0 Å². The Morgan fingerprint density at radius 3 is 2.37 bits per heavy atom. The molecule has 104 valence electrons. The number of likely N-dealkylation sites (N-methyl/N-ethyl adjacent to an activating group) is 2. The first-order valence-corrected chi connectivity index (χ1v) is 6.67. The minimum absolute atomic E-state index is 0.181. The topological polar surface area (TPSA) is 23.6 Å². The molecule has 0 saturated carbocycles. The van der Waals surface area contributed by atoms with Crippen LogP contribution in [0.25, 0.3) is 6.08 Å². The van der Waals surface area contributed by atoms with E-state index in [9.17, 15) is 4.79 Å². The summed E-state index contributed by atoms with van der Waals surface area (Å²) in [5, 5.41) is 0. The summed E-state index contributed by atoms with van der Waals surface area (Å²) in [5.41, 5.74) is 1.07. The van der Waals surface area contributed by atoms with Crippen LogP contribution < -0.4 is 0 Å². The fraction of sp³-hybridized carbons (Fsp3) is 0.438. The molecular formula is C16H24N2O. The summed E-state index contributed by atoms with van der Waals surface area (Å²) in [5.74, 6) is 0.181. The maximum atomic E-state index is 11.7. The molecule has 1 rings (SSSR count). The summed E-state index contributed by atoms with van der Waals surface area (Å²) < 4.78 is 0. The zero-order valence-corrected chi connectivity index (χ0v) is 12.2. The first-order valence-electron chi connectivity index (χ1n) is 6.67. The van der Waals surface area contributed by atoms with Gasteiger partial charge in [-0.1, -0.05) is 36.4 Å². The zero-order valence-electron chi connectivity index (χ0n) is 12.2. The summed E-state index contributed by atoms with van der Waals surface area (Å²) in [7, 11) is 6.17. The van der Waals surface area contributed by atoms with E-state index >= 15 is 0 Å². The molecule has 0 bridgehead atoms. The third-order valence-electron chi connectivity index (χ3n) is 2.93. The van der Waals surface area contributed by atoms with Crippen LogP contribution in [0.1, 0.15) is 12.0 Å². The minimum atomic E-state index is 0.181. The minimum Gasteiger partial charge on any atom is -0.308 e. The van der Waals surface area contributed by atoms with Crippen LogP contribution in [0.15, 0.2) is 36.4 Å². The standard InChI is InChI=1S/C16H24N2O/c1-17(2)13-14-18(3)12-11-16(19)10-9-15-7-5-4-6-8-15/h4-10H,11-14H2,1-3H3. The van der Waals surface area contributed by atoms with Crippen molar-refractivity contribution in [3.8, 4) is 0 Å². The molecule has 19 heavy (non-hydrogen) atoms. The number of hydrogen-bond acceptors (Lipinski definition) is 3. The monoisotopic (exact) mass is 260 g/mol. The van der Waals surface area contributed by atoms with Crippen molar-refractivity contribution in [2.75, 3.05) is 40.8 Å². The SMILES string of the molecule is CN(C)CCN(C)CCC(=O)C=Cc1ccccc1. The summed E-state index contributed by atoms with van der Waals surface area (Å²) in [6, 6.07) is 9.90. The molecule has 0 spiro atoms. The first-order chi connectivity index (χ1) is 9.08. The lowest BCUT2D eigenvalue weighted by atomic mass is 10.2. The van der Waals surface area contributed by atoms with Gasteiger partial charge >= 0.3 is 0 Å². The van der Waals surface area contributed by atoms with Gasteiger partial charge in [-0.05, 0) is 32.8 Å². The van der Waals surface area contributed by atoms with E-state index in [2.05, 4.69) is 30.9 Å². The Labute approximate surface area is 116 Å². The molecule has 3 nitrogen and oxygen atoms in total. The molecule has 0 amide bonds. The predicted octanol–water partition coefficient (Wildman–Crippen LogP) is 2.15. The highest BCUT2D eigenvalue weighted by Gasteiger charge is 2.02. The molecule has 0 unspecified atom stereocenters. The van der Waals surface area contributed by atoms with Crippen LogP contribution in [0.5, 0.6) is 0 Å². The average molecular weight is 260 g/mol. The van der Waals surface area contributed by atoms with E-state index in [0.29, 0.717) is 6.42 Å². The lowest BCUT2D eigenvalue weighted by Crippen LogP contribution is -2.30. The Bertz CT molecular complexity index is 398. The smallest absolute Gasteiger partial charge is 0.156 e. The second-order valence-corrected chi connectivity index (χ2v) is 5.07. The predicted molar refractivity (Wildman–Crippen MR) is 81.2 cm³/mol. The van der Waals surface area contributed by atoms with Crippen molar-refractivity contribution in [1.29, 1.82) is 0 Å². The van der Waals surface area contributed by atoms with Gasteiger partial charge in [0.25, 0.3) is 0 Å². The average Bonchev–Trinajstić information content (AvgIpc) is 2.41. The highest BCUT2D eigenvalue weighted by Crippen LogP contribution is 2.01. The molecule has 0 N–H and O–H groups in total. The maximum absolute atomic E-state index is 11.7. The van der Waals surface area contributed by atoms with E-state index in [-0.39, 0.29) is 5.78 Å². The lowest BCUT2D eigenvalue weighted by Gasteiger charge is -2.18. The van der Waals surface area contributed by atoms with Crippen LogP contribution in [0.3, 0.4) is 0 Å². The molecule has 0 saturated heterocycles. The quantitative estimate of drug-likeness (QED) is 0.669. The van der Waals surface area contributed by atoms with Crippen LogP contribution in [0.4, 0.5) is 0 Å². The highest BCUT2D eigenvalue weighted by atomic mass is 16.1. The molecule has 0 heterocycles. The fourth-order valence-corrected chi connectivity index (χ4v) is 1.62. The van der Waals surface area contributed by atoms with Crippen molar-refractivity contribution in [2.24, 2.45) is 0 Å². The third-order valence-corrected chi connectivity index (χ3v) is 2.93. The van der Waals surface area contributed by atoms with Gasteiger partial charge in [-0.15, -0.1) is 0 Å². The molecule has 1 aromatic carbocycles. The number of nitrogens with zero attached hydrogens (tertiary/aromatic N) is 2. The normalized spacial score (nSPS) is 11.6. The van der Waals surface area contributed by atoms with E-state index in [1.54, 1.807) is 6.08 Å². The molecule has 0 fully saturated rings. The van der Waals surface area contributed by atoms with Gasteiger partial charge in [0.1, 0.15) is 0 Å². The van der Waals surface area contributed by atoms with Gasteiger partial charge in [0, 0.05) is 26.1 Å². The van der Waals surface area contributed by atoms with Crippen molar-refractivity contribution in [2.45, 2.75) is 6.42 Å². The molecule has 0 aromatic heterocycles. The molecule has 1 aromatic rings. The van der Waals surface area contributed by atoms with E-state index in [1.807, 2.05) is 36.4 Å². The molecule has 0 aliphatic heterocycles. The van der Waals surface area contributed by atoms with E-state index < -0.39 is 0 Å². The van der Waals surface area contributed by atoms with Crippen molar-refractivity contribution < 1.29 is 4.79 Å². The van der Waals surface area contributed by atoms with Crippen LogP contribution in [0, 0.1) is 0 Å². The van der Waals surface area contributed by atoms with Crippen LogP contribution >= 0.6 is 0 Å².